The van der Waals surface area contributed by atoms with Crippen molar-refractivity contribution in [2.45, 2.75) is 12.8 Å². The Hall–Kier alpha value is -3.93. The highest BCUT2D eigenvalue weighted by atomic mass is 16.5. The number of carboxylic acids is 1. The molecule has 0 amide bonds. The topological polar surface area (TPSA) is 74.8 Å². The lowest BCUT2D eigenvalue weighted by molar-refractivity contribution is 0.0695. The molecule has 3 aromatic carbocycles. The van der Waals surface area contributed by atoms with Gasteiger partial charge in [0.25, 0.3) is 0 Å². The maximum atomic E-state index is 12.4. The van der Waals surface area contributed by atoms with Crippen LogP contribution in [0.15, 0.2) is 60.7 Å². The third-order valence-electron chi connectivity index (χ3n) is 6.08. The first-order valence-electron chi connectivity index (χ1n) is 10.7. The summed E-state index contributed by atoms with van der Waals surface area (Å²) >= 11 is 0. The molecule has 170 valence electrons. The van der Waals surface area contributed by atoms with Gasteiger partial charge in [0.1, 0.15) is 11.5 Å². The Morgan fingerprint density at radius 2 is 1.70 bits per heavy atom. The molecule has 0 radical (unpaired) electrons. The molecule has 33 heavy (non-hydrogen) atoms. The van der Waals surface area contributed by atoms with E-state index in [1.54, 1.807) is 20.3 Å². The minimum absolute atomic E-state index is 0.258. The highest BCUT2D eigenvalue weighted by Crippen LogP contribution is 2.44. The predicted octanol–water partition coefficient (Wildman–Crippen LogP) is 5.44. The monoisotopic (exact) mass is 444 g/mol. The number of methoxy groups -OCH3 is 2. The van der Waals surface area contributed by atoms with Crippen LogP contribution >= 0.6 is 0 Å². The van der Waals surface area contributed by atoms with Gasteiger partial charge in [-0.05, 0) is 42.3 Å². The zero-order valence-electron chi connectivity index (χ0n) is 19.5. The molecule has 1 atom stereocenters. The fourth-order valence-corrected chi connectivity index (χ4v) is 4.47. The second-order valence-electron chi connectivity index (χ2n) is 8.22. The summed E-state index contributed by atoms with van der Waals surface area (Å²) in [6.45, 7) is 2.02. The Morgan fingerprint density at radius 3 is 2.36 bits per heavy atom. The van der Waals surface area contributed by atoms with E-state index in [-0.39, 0.29) is 11.5 Å². The van der Waals surface area contributed by atoms with Gasteiger partial charge in [-0.2, -0.15) is 0 Å². The summed E-state index contributed by atoms with van der Waals surface area (Å²) in [7, 11) is 7.02. The lowest BCUT2D eigenvalue weighted by Gasteiger charge is -2.25. The van der Waals surface area contributed by atoms with Gasteiger partial charge in [-0.25, -0.2) is 4.79 Å². The van der Waals surface area contributed by atoms with E-state index in [0.717, 1.165) is 33.4 Å². The molecule has 0 aliphatic rings. The molecule has 0 saturated carbocycles. The molecule has 6 nitrogen and oxygen atoms in total. The molecule has 0 fully saturated rings. The molecule has 0 aliphatic carbocycles. The van der Waals surface area contributed by atoms with E-state index in [0.29, 0.717) is 17.1 Å². The molecule has 0 saturated heterocycles. The van der Waals surface area contributed by atoms with Crippen LogP contribution in [0.1, 0.15) is 38.7 Å². The van der Waals surface area contributed by atoms with Gasteiger partial charge in [0.2, 0.25) is 0 Å². The molecule has 0 aliphatic heterocycles. The zero-order chi connectivity index (χ0) is 23.7. The number of ether oxygens (including phenoxy) is 2. The first-order chi connectivity index (χ1) is 15.8. The van der Waals surface area contributed by atoms with E-state index >= 15 is 0 Å². The van der Waals surface area contributed by atoms with Crippen LogP contribution in [-0.4, -0.2) is 44.4 Å². The second-order valence-corrected chi connectivity index (χ2v) is 8.22. The fraction of sp³-hybridized carbons (Fsp3) is 0.222. The van der Waals surface area contributed by atoms with Crippen molar-refractivity contribution < 1.29 is 19.4 Å². The number of para-hydroxylation sites is 1. The van der Waals surface area contributed by atoms with Crippen LogP contribution in [0, 0.1) is 6.92 Å². The third kappa shape index (κ3) is 4.00. The normalized spacial score (nSPS) is 11.9. The summed E-state index contributed by atoms with van der Waals surface area (Å²) in [5.41, 5.74) is 5.65. The van der Waals surface area contributed by atoms with Crippen LogP contribution in [0.3, 0.4) is 0 Å². The average molecular weight is 445 g/mol. The quantitative estimate of drug-likeness (QED) is 0.397. The summed E-state index contributed by atoms with van der Waals surface area (Å²) in [5.74, 6) is -0.0311. The molecule has 1 heterocycles. The van der Waals surface area contributed by atoms with Gasteiger partial charge in [0.05, 0.1) is 19.8 Å². The van der Waals surface area contributed by atoms with Gasteiger partial charge < -0.3 is 24.5 Å². The molecule has 1 unspecified atom stereocenters. The van der Waals surface area contributed by atoms with Crippen molar-refractivity contribution in [1.29, 1.82) is 0 Å². The van der Waals surface area contributed by atoms with Crippen LogP contribution in [-0.2, 0) is 0 Å². The molecule has 6 heteroatoms. The summed E-state index contributed by atoms with van der Waals surface area (Å²) in [5, 5.41) is 11.2. The van der Waals surface area contributed by atoms with E-state index < -0.39 is 5.97 Å². The van der Waals surface area contributed by atoms with Crippen molar-refractivity contribution in [3.63, 3.8) is 0 Å². The van der Waals surface area contributed by atoms with Crippen LogP contribution in [0.4, 0.5) is 5.69 Å². The van der Waals surface area contributed by atoms with Crippen LogP contribution in [0.25, 0.3) is 10.9 Å². The molecule has 1 aromatic heterocycles. The lowest BCUT2D eigenvalue weighted by atomic mass is 9.80. The van der Waals surface area contributed by atoms with Gasteiger partial charge in [0.15, 0.2) is 0 Å². The van der Waals surface area contributed by atoms with Crippen molar-refractivity contribution in [2.24, 2.45) is 0 Å². The highest BCUT2D eigenvalue weighted by Gasteiger charge is 2.29. The third-order valence-corrected chi connectivity index (χ3v) is 6.08. The molecule has 2 N–H and O–H groups in total. The molecule has 0 bridgehead atoms. The number of nitrogens with zero attached hydrogens (tertiary/aromatic N) is 1. The first kappa shape index (κ1) is 22.3. The lowest BCUT2D eigenvalue weighted by Crippen LogP contribution is -2.15. The van der Waals surface area contributed by atoms with Gasteiger partial charge in [0, 0.05) is 53.9 Å². The largest absolute Gasteiger partial charge is 0.497 e. The van der Waals surface area contributed by atoms with Gasteiger partial charge in [-0.15, -0.1) is 0 Å². The number of carboxylic acid groups (broad SMARTS) is 1. The molecule has 0 spiro atoms. The predicted molar refractivity (Wildman–Crippen MR) is 131 cm³/mol. The Bertz CT molecular complexity index is 1320. The first-order valence-corrected chi connectivity index (χ1v) is 10.7. The number of aromatic amines is 1. The van der Waals surface area contributed by atoms with E-state index in [1.807, 2.05) is 74.4 Å². The van der Waals surface area contributed by atoms with E-state index in [1.165, 1.54) is 0 Å². The fourth-order valence-electron chi connectivity index (χ4n) is 4.47. The molecular weight excluding hydrogens is 416 g/mol. The summed E-state index contributed by atoms with van der Waals surface area (Å²) in [4.78, 5) is 17.8. The SMILES string of the molecule is COc1ccc(C(c2ccc(N(C)C)cc2C(=O)O)c2c(C)[nH]c3ccccc23)c(OC)c1. The van der Waals surface area contributed by atoms with E-state index in [9.17, 15) is 9.90 Å². The number of carbonyl (C=O) groups is 1. The number of anilines is 1. The van der Waals surface area contributed by atoms with Crippen LogP contribution in [0.5, 0.6) is 11.5 Å². The van der Waals surface area contributed by atoms with Crippen LogP contribution < -0.4 is 14.4 Å². The summed E-state index contributed by atoms with van der Waals surface area (Å²) in [6, 6.07) is 19.3. The maximum Gasteiger partial charge on any atom is 0.336 e. The Balaban J connectivity index is 2.08. The minimum Gasteiger partial charge on any atom is -0.497 e. The molecule has 4 rings (SSSR count). The number of aromatic nitrogens is 1. The second kappa shape index (κ2) is 8.90. The number of rotatable bonds is 7. The smallest absolute Gasteiger partial charge is 0.336 e. The van der Waals surface area contributed by atoms with Crippen molar-refractivity contribution in [2.75, 3.05) is 33.2 Å². The Labute approximate surface area is 193 Å². The number of fused-ring (bicyclic) bond motifs is 1. The highest BCUT2D eigenvalue weighted by molar-refractivity contribution is 5.93. The van der Waals surface area contributed by atoms with Crippen molar-refractivity contribution >= 4 is 22.6 Å². The zero-order valence-corrected chi connectivity index (χ0v) is 19.5. The van der Waals surface area contributed by atoms with Gasteiger partial charge in [-0.3, -0.25) is 0 Å². The number of benzene rings is 3. The van der Waals surface area contributed by atoms with Crippen molar-refractivity contribution in [1.82, 2.24) is 4.98 Å². The number of aryl methyl sites for hydroxylation is 1. The Kier molecular flexibility index (Phi) is 6.01. The maximum absolute atomic E-state index is 12.4. The van der Waals surface area contributed by atoms with Crippen molar-refractivity contribution in [3.8, 4) is 11.5 Å². The number of H-pyrrole nitrogens is 1. The standard InChI is InChI=1S/C27H28N2O4/c1-16-25(20-8-6-7-9-23(20)28-16)26(21-13-11-18(32-4)15-24(21)33-5)19-12-10-17(29(2)3)14-22(19)27(30)31/h6-15,26,28H,1-5H3,(H,30,31). The van der Waals surface area contributed by atoms with Crippen molar-refractivity contribution in [3.05, 3.63) is 88.6 Å². The van der Waals surface area contributed by atoms with E-state index in [4.69, 9.17) is 9.47 Å². The Morgan fingerprint density at radius 1 is 0.970 bits per heavy atom. The van der Waals surface area contributed by atoms with Gasteiger partial charge in [-0.1, -0.05) is 30.3 Å². The van der Waals surface area contributed by atoms with Gasteiger partial charge >= 0.3 is 5.97 Å². The molecule has 4 aromatic rings. The number of nitrogens with one attached hydrogen (secondary N) is 1. The number of hydrogen-bond acceptors (Lipinski definition) is 4. The number of hydrogen-bond donors (Lipinski definition) is 2. The minimum atomic E-state index is -0.969. The number of aromatic carboxylic acids is 1. The molecular formula is C27H28N2O4. The summed E-state index contributed by atoms with van der Waals surface area (Å²) < 4.78 is 11.2. The van der Waals surface area contributed by atoms with E-state index in [2.05, 4.69) is 11.1 Å². The van der Waals surface area contributed by atoms with Crippen LogP contribution in [0.2, 0.25) is 0 Å². The average Bonchev–Trinajstić information content (AvgIpc) is 3.15. The summed E-state index contributed by atoms with van der Waals surface area (Å²) in [6.07, 6.45) is 0.